The van der Waals surface area contributed by atoms with E-state index in [1.807, 2.05) is 6.92 Å². The largest absolute Gasteiger partial charge is 0.497 e. The second kappa shape index (κ2) is 12.1. The summed E-state index contributed by atoms with van der Waals surface area (Å²) in [6.45, 7) is 2.39. The van der Waals surface area contributed by atoms with Crippen molar-refractivity contribution in [2.45, 2.75) is 19.8 Å². The third kappa shape index (κ3) is 6.97. The van der Waals surface area contributed by atoms with E-state index in [0.717, 1.165) is 12.8 Å². The van der Waals surface area contributed by atoms with Crippen LogP contribution in [-0.2, 0) is 4.74 Å². The van der Waals surface area contributed by atoms with E-state index in [-0.39, 0.29) is 17.0 Å². The van der Waals surface area contributed by atoms with E-state index in [1.165, 1.54) is 37.6 Å². The normalized spacial score (nSPS) is 10.7. The van der Waals surface area contributed by atoms with Gasteiger partial charge < -0.3 is 14.2 Å². The minimum absolute atomic E-state index is 0.182. The summed E-state index contributed by atoms with van der Waals surface area (Å²) in [5.74, 6) is -0.744. The smallest absolute Gasteiger partial charge is 0.343 e. The Bertz CT molecular complexity index is 1220. The average molecular weight is 476 g/mol. The SMILES string of the molecule is CCCCOC(=O)c1ccc(N=Cc2ccc(OC(=O)c3ccc(OC)cc3)c([N+](=O)[O-])c2)cc1. The molecule has 3 rings (SSSR count). The lowest BCUT2D eigenvalue weighted by Gasteiger charge is -2.06. The van der Waals surface area contributed by atoms with E-state index >= 15 is 0 Å². The number of nitro groups is 1. The fourth-order valence-corrected chi connectivity index (χ4v) is 2.95. The van der Waals surface area contributed by atoms with Crippen molar-refractivity contribution in [1.82, 2.24) is 0 Å². The molecule has 0 heterocycles. The van der Waals surface area contributed by atoms with Crippen LogP contribution < -0.4 is 9.47 Å². The number of benzene rings is 3. The Kier molecular flexibility index (Phi) is 8.66. The number of unbranched alkanes of at least 4 members (excludes halogenated alkanes) is 1. The van der Waals surface area contributed by atoms with E-state index < -0.39 is 16.9 Å². The number of rotatable bonds is 10. The van der Waals surface area contributed by atoms with Crippen LogP contribution in [0.5, 0.6) is 11.5 Å². The molecule has 0 saturated heterocycles. The Labute approximate surface area is 202 Å². The first kappa shape index (κ1) is 25.1. The molecule has 3 aromatic carbocycles. The summed E-state index contributed by atoms with van der Waals surface area (Å²) in [5.41, 5.74) is 1.25. The van der Waals surface area contributed by atoms with Crippen LogP contribution in [-0.4, -0.2) is 36.8 Å². The van der Waals surface area contributed by atoms with Gasteiger partial charge in [-0.05, 0) is 72.6 Å². The van der Waals surface area contributed by atoms with Gasteiger partial charge in [-0.3, -0.25) is 15.1 Å². The molecule has 0 aliphatic carbocycles. The molecule has 180 valence electrons. The van der Waals surface area contributed by atoms with Crippen LogP contribution in [0.3, 0.4) is 0 Å². The first-order chi connectivity index (χ1) is 16.9. The molecule has 35 heavy (non-hydrogen) atoms. The van der Waals surface area contributed by atoms with Gasteiger partial charge in [-0.25, -0.2) is 9.59 Å². The number of ether oxygens (including phenoxy) is 3. The maximum atomic E-state index is 12.4. The van der Waals surface area contributed by atoms with E-state index in [9.17, 15) is 19.7 Å². The van der Waals surface area contributed by atoms with Gasteiger partial charge in [0.1, 0.15) is 5.75 Å². The number of esters is 2. The number of nitro benzene ring substituents is 1. The van der Waals surface area contributed by atoms with Gasteiger partial charge in [0.15, 0.2) is 0 Å². The van der Waals surface area contributed by atoms with Crippen LogP contribution >= 0.6 is 0 Å². The van der Waals surface area contributed by atoms with Crippen molar-refractivity contribution < 1.29 is 28.7 Å². The lowest BCUT2D eigenvalue weighted by Crippen LogP contribution is -2.10. The number of nitrogens with zero attached hydrogens (tertiary/aromatic N) is 2. The highest BCUT2D eigenvalue weighted by molar-refractivity contribution is 5.92. The fourth-order valence-electron chi connectivity index (χ4n) is 2.95. The lowest BCUT2D eigenvalue weighted by molar-refractivity contribution is -0.385. The summed E-state index contributed by atoms with van der Waals surface area (Å²) in [6.07, 6.45) is 3.18. The first-order valence-corrected chi connectivity index (χ1v) is 10.9. The molecule has 0 radical (unpaired) electrons. The molecular weight excluding hydrogens is 452 g/mol. The van der Waals surface area contributed by atoms with Crippen LogP contribution in [0.4, 0.5) is 11.4 Å². The van der Waals surface area contributed by atoms with Crippen LogP contribution in [0.2, 0.25) is 0 Å². The molecule has 0 saturated carbocycles. The molecule has 0 aromatic heterocycles. The van der Waals surface area contributed by atoms with Crippen molar-refractivity contribution in [1.29, 1.82) is 0 Å². The minimum Gasteiger partial charge on any atom is -0.497 e. The number of carbonyl (C=O) groups excluding carboxylic acids is 2. The molecule has 0 unspecified atom stereocenters. The zero-order valence-corrected chi connectivity index (χ0v) is 19.3. The number of hydrogen-bond acceptors (Lipinski definition) is 8. The minimum atomic E-state index is -0.731. The van der Waals surface area contributed by atoms with Crippen LogP contribution in [0, 0.1) is 10.1 Å². The Hall–Kier alpha value is -4.53. The molecule has 0 spiro atoms. The number of carbonyl (C=O) groups is 2. The third-order valence-corrected chi connectivity index (χ3v) is 4.90. The van der Waals surface area contributed by atoms with Crippen LogP contribution in [0.15, 0.2) is 71.7 Å². The molecule has 9 heteroatoms. The maximum absolute atomic E-state index is 12.4. The Balaban J connectivity index is 1.70. The molecule has 0 amide bonds. The lowest BCUT2D eigenvalue weighted by atomic mass is 10.2. The van der Waals surface area contributed by atoms with Crippen molar-refractivity contribution in [3.8, 4) is 11.5 Å². The maximum Gasteiger partial charge on any atom is 0.343 e. The zero-order chi connectivity index (χ0) is 25.2. The molecule has 0 aliphatic rings. The summed E-state index contributed by atoms with van der Waals surface area (Å²) in [5, 5.41) is 11.6. The van der Waals surface area contributed by atoms with Gasteiger partial charge in [0, 0.05) is 12.3 Å². The van der Waals surface area contributed by atoms with E-state index in [0.29, 0.717) is 29.2 Å². The number of aliphatic imine (C=N–C) groups is 1. The van der Waals surface area contributed by atoms with Crippen molar-refractivity contribution >= 4 is 29.5 Å². The molecule has 0 aliphatic heterocycles. The standard InChI is InChI=1S/C26H24N2O7/c1-3-4-15-34-25(29)19-6-10-21(11-7-19)27-17-18-5-14-24(23(16-18)28(31)32)35-26(30)20-8-12-22(33-2)13-9-20/h5-14,16-17H,3-4,15H2,1-2H3. The second-order valence-corrected chi connectivity index (χ2v) is 7.40. The van der Waals surface area contributed by atoms with Gasteiger partial charge in [-0.2, -0.15) is 0 Å². The third-order valence-electron chi connectivity index (χ3n) is 4.90. The summed E-state index contributed by atoms with van der Waals surface area (Å²) in [4.78, 5) is 39.6. The molecule has 9 nitrogen and oxygen atoms in total. The van der Waals surface area contributed by atoms with Crippen molar-refractivity contribution in [3.05, 3.63) is 93.5 Å². The monoisotopic (exact) mass is 476 g/mol. The summed E-state index contributed by atoms with van der Waals surface area (Å²) >= 11 is 0. The summed E-state index contributed by atoms with van der Waals surface area (Å²) < 4.78 is 15.5. The van der Waals surface area contributed by atoms with Gasteiger partial charge in [-0.1, -0.05) is 13.3 Å². The predicted octanol–water partition coefficient (Wildman–Crippen LogP) is 5.53. The molecule has 0 bridgehead atoms. The average Bonchev–Trinajstić information content (AvgIpc) is 2.88. The highest BCUT2D eigenvalue weighted by Crippen LogP contribution is 2.29. The highest BCUT2D eigenvalue weighted by Gasteiger charge is 2.19. The van der Waals surface area contributed by atoms with Gasteiger partial charge >= 0.3 is 17.6 Å². The number of methoxy groups -OCH3 is 1. The quantitative estimate of drug-likeness (QED) is 0.0943. The topological polar surface area (TPSA) is 117 Å². The molecular formula is C26H24N2O7. The summed E-state index contributed by atoms with van der Waals surface area (Å²) in [6, 6.07) is 16.8. The molecule has 0 N–H and O–H groups in total. The van der Waals surface area contributed by atoms with Crippen LogP contribution in [0.1, 0.15) is 46.0 Å². The van der Waals surface area contributed by atoms with Gasteiger partial charge in [0.25, 0.3) is 0 Å². The van der Waals surface area contributed by atoms with Gasteiger partial charge in [0.2, 0.25) is 5.75 Å². The van der Waals surface area contributed by atoms with Crippen molar-refractivity contribution in [2.75, 3.05) is 13.7 Å². The fraction of sp³-hybridized carbons (Fsp3) is 0.192. The van der Waals surface area contributed by atoms with Gasteiger partial charge in [-0.15, -0.1) is 0 Å². The van der Waals surface area contributed by atoms with E-state index in [4.69, 9.17) is 14.2 Å². The second-order valence-electron chi connectivity index (χ2n) is 7.40. The molecule has 3 aromatic rings. The van der Waals surface area contributed by atoms with Crippen molar-refractivity contribution in [3.63, 3.8) is 0 Å². The highest BCUT2D eigenvalue weighted by atomic mass is 16.6. The number of hydrogen-bond donors (Lipinski definition) is 0. The van der Waals surface area contributed by atoms with Gasteiger partial charge in [0.05, 0.1) is 35.5 Å². The molecule has 0 atom stereocenters. The van der Waals surface area contributed by atoms with E-state index in [1.54, 1.807) is 42.5 Å². The first-order valence-electron chi connectivity index (χ1n) is 10.9. The van der Waals surface area contributed by atoms with Crippen molar-refractivity contribution in [2.24, 2.45) is 4.99 Å². The van der Waals surface area contributed by atoms with Crippen LogP contribution in [0.25, 0.3) is 0 Å². The summed E-state index contributed by atoms with van der Waals surface area (Å²) in [7, 11) is 1.50. The zero-order valence-electron chi connectivity index (χ0n) is 19.3. The Morgan fingerprint density at radius 3 is 2.26 bits per heavy atom. The predicted molar refractivity (Wildman–Crippen MR) is 130 cm³/mol. The Morgan fingerprint density at radius 2 is 1.63 bits per heavy atom. The van der Waals surface area contributed by atoms with E-state index in [2.05, 4.69) is 4.99 Å². The molecule has 0 fully saturated rings. The Morgan fingerprint density at radius 1 is 0.971 bits per heavy atom.